The number of nitrogens with zero attached hydrogens (tertiary/aromatic N) is 1. The lowest BCUT2D eigenvalue weighted by atomic mass is 9.83. The highest BCUT2D eigenvalue weighted by molar-refractivity contribution is 7.91. The van der Waals surface area contributed by atoms with Crippen LogP contribution in [0, 0.1) is 5.41 Å². The minimum atomic E-state index is -3.29. The maximum atomic E-state index is 13.0. The van der Waals surface area contributed by atoms with Crippen LogP contribution in [0.4, 0.5) is 11.4 Å². The van der Waals surface area contributed by atoms with Crippen molar-refractivity contribution in [3.05, 3.63) is 54.6 Å². The molecule has 0 aliphatic carbocycles. The summed E-state index contributed by atoms with van der Waals surface area (Å²) in [4.78, 5) is 2.63. The molecule has 0 spiro atoms. The lowest BCUT2D eigenvalue weighted by Crippen LogP contribution is -2.37. The summed E-state index contributed by atoms with van der Waals surface area (Å²) in [5.74, 6) is 0.216. The Kier molecular flexibility index (Phi) is 4.19. The van der Waals surface area contributed by atoms with E-state index in [9.17, 15) is 8.42 Å². The largest absolute Gasteiger partial charge is 0.340 e. The maximum absolute atomic E-state index is 13.0. The van der Waals surface area contributed by atoms with Gasteiger partial charge in [0.05, 0.1) is 16.3 Å². The van der Waals surface area contributed by atoms with Gasteiger partial charge in [-0.15, -0.1) is 0 Å². The summed E-state index contributed by atoms with van der Waals surface area (Å²) < 4.78 is 26.0. The van der Waals surface area contributed by atoms with E-state index in [4.69, 9.17) is 0 Å². The normalized spacial score (nSPS) is 19.0. The quantitative estimate of drug-likeness (QED) is 0.836. The predicted octanol–water partition coefficient (Wildman–Crippen LogP) is 4.42. The van der Waals surface area contributed by atoms with Crippen molar-refractivity contribution < 1.29 is 8.42 Å². The molecule has 2 aromatic rings. The first-order chi connectivity index (χ1) is 11.0. The lowest BCUT2D eigenvalue weighted by Gasteiger charge is -2.35. The van der Waals surface area contributed by atoms with Crippen molar-refractivity contribution in [3.8, 4) is 0 Å². The average Bonchev–Trinajstić information content (AvgIpc) is 2.69. The molecule has 2 aromatic carbocycles. The average molecular weight is 329 g/mol. The number of hydrogen-bond acceptors (Lipinski definition) is 3. The first-order valence-electron chi connectivity index (χ1n) is 8.16. The zero-order valence-corrected chi connectivity index (χ0v) is 14.5. The van der Waals surface area contributed by atoms with E-state index in [1.54, 1.807) is 6.07 Å². The third-order valence-corrected chi connectivity index (χ3v) is 7.06. The molecule has 1 aliphatic rings. The molecule has 3 nitrogen and oxygen atoms in total. The Morgan fingerprint density at radius 1 is 0.957 bits per heavy atom. The minimum Gasteiger partial charge on any atom is -0.340 e. The molecule has 0 N–H and O–H groups in total. The molecule has 0 saturated heterocycles. The number of benzene rings is 2. The van der Waals surface area contributed by atoms with E-state index < -0.39 is 9.84 Å². The molecular formula is C19H23NO2S. The number of para-hydroxylation sites is 2. The molecular weight excluding hydrogens is 306 g/mol. The van der Waals surface area contributed by atoms with Gasteiger partial charge in [-0.1, -0.05) is 44.2 Å². The predicted molar refractivity (Wildman–Crippen MR) is 95.0 cm³/mol. The highest BCUT2D eigenvalue weighted by atomic mass is 32.2. The highest BCUT2D eigenvalue weighted by Crippen LogP contribution is 2.42. The van der Waals surface area contributed by atoms with Crippen molar-refractivity contribution in [1.29, 1.82) is 0 Å². The Balaban J connectivity index is 2.24. The Morgan fingerprint density at radius 3 is 2.22 bits per heavy atom. The van der Waals surface area contributed by atoms with Crippen LogP contribution in [0.1, 0.15) is 26.7 Å². The van der Waals surface area contributed by atoms with Crippen molar-refractivity contribution in [1.82, 2.24) is 0 Å². The van der Waals surface area contributed by atoms with Crippen LogP contribution in [-0.2, 0) is 9.84 Å². The molecule has 23 heavy (non-hydrogen) atoms. The Bertz CT molecular complexity index is 780. The SMILES string of the molecule is CCC1(CC)CN(c2ccccc2)c2ccccc2S(=O)(=O)C1. The minimum absolute atomic E-state index is 0.216. The third kappa shape index (κ3) is 2.88. The molecule has 0 aromatic heterocycles. The number of fused-ring (bicyclic) bond motifs is 1. The first kappa shape index (κ1) is 16.1. The second kappa shape index (κ2) is 6.00. The molecule has 1 heterocycles. The first-order valence-corrected chi connectivity index (χ1v) is 9.81. The fraction of sp³-hybridized carbons (Fsp3) is 0.368. The van der Waals surface area contributed by atoms with Crippen LogP contribution < -0.4 is 4.90 Å². The van der Waals surface area contributed by atoms with Gasteiger partial charge in [0.15, 0.2) is 9.84 Å². The molecule has 0 unspecified atom stereocenters. The topological polar surface area (TPSA) is 37.4 Å². The van der Waals surface area contributed by atoms with Gasteiger partial charge in [-0.3, -0.25) is 0 Å². The summed E-state index contributed by atoms with van der Waals surface area (Å²) in [6.07, 6.45) is 1.69. The summed E-state index contributed by atoms with van der Waals surface area (Å²) in [6, 6.07) is 17.4. The Hall–Kier alpha value is -1.81. The molecule has 0 atom stereocenters. The van der Waals surface area contributed by atoms with Crippen LogP contribution in [0.25, 0.3) is 0 Å². The second-order valence-corrected chi connectivity index (χ2v) is 8.31. The highest BCUT2D eigenvalue weighted by Gasteiger charge is 2.40. The van der Waals surface area contributed by atoms with Crippen LogP contribution in [0.3, 0.4) is 0 Å². The van der Waals surface area contributed by atoms with E-state index in [-0.39, 0.29) is 11.2 Å². The monoisotopic (exact) mass is 329 g/mol. The van der Waals surface area contributed by atoms with Gasteiger partial charge in [0, 0.05) is 17.6 Å². The van der Waals surface area contributed by atoms with Crippen molar-refractivity contribution in [3.63, 3.8) is 0 Å². The van der Waals surface area contributed by atoms with Crippen LogP contribution in [-0.4, -0.2) is 20.7 Å². The van der Waals surface area contributed by atoms with E-state index in [1.807, 2.05) is 48.5 Å². The fourth-order valence-corrected chi connectivity index (χ4v) is 5.65. The summed E-state index contributed by atoms with van der Waals surface area (Å²) in [7, 11) is -3.29. The van der Waals surface area contributed by atoms with Gasteiger partial charge in [-0.25, -0.2) is 8.42 Å². The Morgan fingerprint density at radius 2 is 1.57 bits per heavy atom. The molecule has 122 valence electrons. The van der Waals surface area contributed by atoms with Gasteiger partial charge < -0.3 is 4.90 Å². The molecule has 1 aliphatic heterocycles. The van der Waals surface area contributed by atoms with Gasteiger partial charge in [-0.2, -0.15) is 0 Å². The fourth-order valence-electron chi connectivity index (χ4n) is 3.41. The van der Waals surface area contributed by atoms with Gasteiger partial charge in [0.1, 0.15) is 0 Å². The van der Waals surface area contributed by atoms with Gasteiger partial charge in [-0.05, 0) is 37.1 Å². The lowest BCUT2D eigenvalue weighted by molar-refractivity contribution is 0.313. The van der Waals surface area contributed by atoms with Gasteiger partial charge >= 0.3 is 0 Å². The molecule has 3 rings (SSSR count). The van der Waals surface area contributed by atoms with Crippen molar-refractivity contribution in [2.45, 2.75) is 31.6 Å². The van der Waals surface area contributed by atoms with Crippen LogP contribution in [0.5, 0.6) is 0 Å². The summed E-state index contributed by atoms with van der Waals surface area (Å²) in [5.41, 5.74) is 1.61. The van der Waals surface area contributed by atoms with Crippen molar-refractivity contribution >= 4 is 21.2 Å². The molecule has 0 amide bonds. The maximum Gasteiger partial charge on any atom is 0.181 e. The van der Waals surface area contributed by atoms with E-state index in [1.165, 1.54) is 0 Å². The van der Waals surface area contributed by atoms with E-state index in [0.717, 1.165) is 30.8 Å². The van der Waals surface area contributed by atoms with E-state index in [0.29, 0.717) is 4.90 Å². The van der Waals surface area contributed by atoms with Crippen molar-refractivity contribution in [2.75, 3.05) is 17.2 Å². The summed E-state index contributed by atoms with van der Waals surface area (Å²) in [6.45, 7) is 4.91. The number of hydrogen-bond donors (Lipinski definition) is 0. The van der Waals surface area contributed by atoms with Gasteiger partial charge in [0.25, 0.3) is 0 Å². The molecule has 0 saturated carbocycles. The van der Waals surface area contributed by atoms with Crippen LogP contribution >= 0.6 is 0 Å². The number of rotatable bonds is 3. The van der Waals surface area contributed by atoms with Crippen LogP contribution in [0.2, 0.25) is 0 Å². The summed E-state index contributed by atoms with van der Waals surface area (Å²) >= 11 is 0. The van der Waals surface area contributed by atoms with Gasteiger partial charge in [0.2, 0.25) is 0 Å². The zero-order valence-electron chi connectivity index (χ0n) is 13.7. The van der Waals surface area contributed by atoms with Crippen molar-refractivity contribution in [2.24, 2.45) is 5.41 Å². The van der Waals surface area contributed by atoms with Crippen LogP contribution in [0.15, 0.2) is 59.5 Å². The molecule has 0 fully saturated rings. The number of sulfone groups is 1. The van der Waals surface area contributed by atoms with E-state index >= 15 is 0 Å². The second-order valence-electron chi connectivity index (χ2n) is 6.36. The molecule has 4 heteroatoms. The summed E-state index contributed by atoms with van der Waals surface area (Å²) in [5, 5.41) is 0. The molecule has 0 radical (unpaired) electrons. The zero-order chi connectivity index (χ0) is 16.5. The Labute approximate surface area is 138 Å². The third-order valence-electron chi connectivity index (χ3n) is 5.05. The standard InChI is InChI=1S/C19H23NO2S/c1-3-19(4-2)14-20(16-10-6-5-7-11-16)17-12-8-9-13-18(17)23(21,22)15-19/h5-13H,3-4,14-15H2,1-2H3. The molecule has 0 bridgehead atoms. The van der Waals surface area contributed by atoms with E-state index in [2.05, 4.69) is 18.7 Å². The number of anilines is 2. The smallest absolute Gasteiger partial charge is 0.181 e.